The van der Waals surface area contributed by atoms with Gasteiger partial charge in [0, 0.05) is 0 Å². The predicted molar refractivity (Wildman–Crippen MR) is 54.7 cm³/mol. The van der Waals surface area contributed by atoms with Crippen LogP contribution in [0.15, 0.2) is 12.1 Å². The lowest BCUT2D eigenvalue weighted by molar-refractivity contribution is 0.298. The monoisotopic (exact) mass is 282 g/mol. The van der Waals surface area contributed by atoms with Gasteiger partial charge in [-0.2, -0.15) is 0 Å². The average molecular weight is 282 g/mol. The molecule has 0 radical (unpaired) electrons. The van der Waals surface area contributed by atoms with Gasteiger partial charge >= 0.3 is 0 Å². The molecule has 0 saturated heterocycles. The van der Waals surface area contributed by atoms with E-state index in [1.165, 1.54) is 6.07 Å². The molecule has 3 nitrogen and oxygen atoms in total. The van der Waals surface area contributed by atoms with Gasteiger partial charge in [-0.25, -0.2) is 4.98 Å². The first-order valence-electron chi connectivity index (χ1n) is 4.91. The van der Waals surface area contributed by atoms with Gasteiger partial charge in [-0.15, -0.1) is 0 Å². The second-order valence-corrected chi connectivity index (χ2v) is 3.08. The van der Waals surface area contributed by atoms with E-state index < -0.39 is 7.04 Å². The normalized spacial score (nSPS) is 14.3. The molecule has 1 rings (SSSR count). The zero-order chi connectivity index (χ0) is 11.5. The molecular formula is C8H10INO2. The predicted octanol–water partition coefficient (Wildman–Crippen LogP) is 2.09. The molecule has 1 aromatic heterocycles. The molecule has 0 aromatic carbocycles. The Morgan fingerprint density at radius 2 is 2.50 bits per heavy atom. The molecular weight excluding hydrogens is 269 g/mol. The van der Waals surface area contributed by atoms with Crippen LogP contribution in [-0.2, 0) is 0 Å². The number of halogens is 1. The maximum Gasteiger partial charge on any atom is 0.257 e. The van der Waals surface area contributed by atoms with Crippen LogP contribution in [0.4, 0.5) is 0 Å². The molecule has 1 heterocycles. The first-order valence-corrected chi connectivity index (χ1v) is 4.48. The summed E-state index contributed by atoms with van der Waals surface area (Å²) in [5.41, 5.74) is 0. The second-order valence-electron chi connectivity index (χ2n) is 1.97. The van der Waals surface area contributed by atoms with Gasteiger partial charge < -0.3 is 9.47 Å². The van der Waals surface area contributed by atoms with Crippen molar-refractivity contribution >= 4 is 22.6 Å². The molecule has 0 aliphatic heterocycles. The molecule has 0 amide bonds. The molecule has 4 heteroatoms. The Morgan fingerprint density at radius 3 is 3.17 bits per heavy atom. The van der Waals surface area contributed by atoms with Crippen LogP contribution < -0.4 is 9.47 Å². The Hall–Kier alpha value is -0.520. The van der Waals surface area contributed by atoms with Gasteiger partial charge in [0.15, 0.2) is 5.75 Å². The molecule has 0 unspecified atom stereocenters. The number of ether oxygens (including phenoxy) is 2. The van der Waals surface area contributed by atoms with Crippen LogP contribution >= 0.6 is 22.6 Å². The number of methoxy groups -OCH3 is 1. The highest BCUT2D eigenvalue weighted by Gasteiger charge is 2.04. The van der Waals surface area contributed by atoms with Crippen molar-refractivity contribution in [2.75, 3.05) is 13.6 Å². The summed E-state index contributed by atoms with van der Waals surface area (Å²) >= 11 is 2.01. The lowest BCUT2D eigenvalue weighted by Gasteiger charge is -2.07. The fourth-order valence-corrected chi connectivity index (χ4v) is 1.12. The third-order valence-corrected chi connectivity index (χ3v) is 1.78. The van der Waals surface area contributed by atoms with E-state index in [0.717, 1.165) is 0 Å². The van der Waals surface area contributed by atoms with Gasteiger partial charge in [0.2, 0.25) is 0 Å². The highest BCUT2D eigenvalue weighted by atomic mass is 127. The smallest absolute Gasteiger partial charge is 0.257 e. The third-order valence-electron chi connectivity index (χ3n) is 1.18. The number of rotatable bonds is 3. The van der Waals surface area contributed by atoms with Crippen molar-refractivity contribution in [3.05, 3.63) is 15.8 Å². The topological polar surface area (TPSA) is 31.4 Å². The summed E-state index contributed by atoms with van der Waals surface area (Å²) in [6.07, 6.45) is 0. The molecule has 0 atom stereocenters. The molecule has 0 aliphatic rings. The lowest BCUT2D eigenvalue weighted by atomic mass is 10.4. The van der Waals surface area contributed by atoms with E-state index in [9.17, 15) is 0 Å². The van der Waals surface area contributed by atoms with Crippen LogP contribution in [0.3, 0.4) is 0 Å². The van der Waals surface area contributed by atoms with Gasteiger partial charge in [-0.3, -0.25) is 0 Å². The van der Waals surface area contributed by atoms with Crippen LogP contribution in [0.25, 0.3) is 0 Å². The van der Waals surface area contributed by atoms with E-state index in [1.54, 1.807) is 13.0 Å². The minimum Gasteiger partial charge on any atom is -0.491 e. The fourth-order valence-electron chi connectivity index (χ4n) is 0.723. The standard InChI is InChI=1S/C8H10INO2/c1-3-12-8-6(11-2)4-5-7(9)10-8/h4-5H,3H2,1-2H3/i2D3. The van der Waals surface area contributed by atoms with Crippen molar-refractivity contribution in [3.63, 3.8) is 0 Å². The quantitative estimate of drug-likeness (QED) is 0.628. The summed E-state index contributed by atoms with van der Waals surface area (Å²) in [7, 11) is -2.49. The molecule has 0 saturated carbocycles. The van der Waals surface area contributed by atoms with Crippen LogP contribution in [0.5, 0.6) is 11.6 Å². The molecule has 12 heavy (non-hydrogen) atoms. The fraction of sp³-hybridized carbons (Fsp3) is 0.375. The summed E-state index contributed by atoms with van der Waals surface area (Å²) in [6.45, 7) is 2.20. The summed E-state index contributed by atoms with van der Waals surface area (Å²) < 4.78 is 31.6. The Balaban J connectivity index is 2.95. The van der Waals surface area contributed by atoms with Crippen molar-refractivity contribution in [3.8, 4) is 11.6 Å². The maximum atomic E-state index is 6.98. The van der Waals surface area contributed by atoms with E-state index in [2.05, 4.69) is 4.98 Å². The van der Waals surface area contributed by atoms with Crippen molar-refractivity contribution < 1.29 is 13.6 Å². The minimum absolute atomic E-state index is 0.136. The van der Waals surface area contributed by atoms with Gasteiger partial charge in [-0.1, -0.05) is 0 Å². The van der Waals surface area contributed by atoms with E-state index >= 15 is 0 Å². The van der Waals surface area contributed by atoms with Crippen LogP contribution in [0, 0.1) is 3.70 Å². The summed E-state index contributed by atoms with van der Waals surface area (Å²) in [5.74, 6) is 0.345. The van der Waals surface area contributed by atoms with Crippen molar-refractivity contribution in [2.45, 2.75) is 6.92 Å². The first kappa shape index (κ1) is 6.01. The molecule has 0 spiro atoms. The zero-order valence-corrected chi connectivity index (χ0v) is 8.66. The number of pyridine rings is 1. The minimum atomic E-state index is -2.49. The summed E-state index contributed by atoms with van der Waals surface area (Å²) in [6, 6.07) is 3.19. The van der Waals surface area contributed by atoms with Crippen LogP contribution in [-0.4, -0.2) is 18.6 Å². The van der Waals surface area contributed by atoms with Crippen LogP contribution in [0.2, 0.25) is 0 Å². The maximum absolute atomic E-state index is 6.98. The van der Waals surface area contributed by atoms with Crippen molar-refractivity contribution in [2.24, 2.45) is 0 Å². The van der Waals surface area contributed by atoms with E-state index in [4.69, 9.17) is 13.6 Å². The largest absolute Gasteiger partial charge is 0.491 e. The molecule has 0 fully saturated rings. The van der Waals surface area contributed by atoms with E-state index in [0.29, 0.717) is 10.3 Å². The van der Waals surface area contributed by atoms with Gasteiger partial charge in [0.25, 0.3) is 5.88 Å². The van der Waals surface area contributed by atoms with Gasteiger partial charge in [0.05, 0.1) is 17.8 Å². The third kappa shape index (κ3) is 2.23. The summed E-state index contributed by atoms with van der Waals surface area (Å²) in [5, 5.41) is 0. The molecule has 1 aromatic rings. The highest BCUT2D eigenvalue weighted by molar-refractivity contribution is 14.1. The molecule has 0 aliphatic carbocycles. The number of hydrogen-bond donors (Lipinski definition) is 0. The highest BCUT2D eigenvalue weighted by Crippen LogP contribution is 2.24. The Morgan fingerprint density at radius 1 is 1.67 bits per heavy atom. The molecule has 0 N–H and O–H groups in total. The van der Waals surface area contributed by atoms with Gasteiger partial charge in [0.1, 0.15) is 3.70 Å². The number of nitrogens with zero attached hydrogens (tertiary/aromatic N) is 1. The molecule has 66 valence electrons. The van der Waals surface area contributed by atoms with Crippen molar-refractivity contribution in [1.82, 2.24) is 4.98 Å². The Kier molecular flexibility index (Phi) is 2.25. The lowest BCUT2D eigenvalue weighted by Crippen LogP contribution is -1.98. The SMILES string of the molecule is [2H]C([2H])([2H])Oc1ccc(I)nc1OCC. The van der Waals surface area contributed by atoms with E-state index in [-0.39, 0.29) is 11.6 Å². The second kappa shape index (κ2) is 4.49. The van der Waals surface area contributed by atoms with E-state index in [1.807, 2.05) is 22.6 Å². The first-order chi connectivity index (χ1) is 6.92. The van der Waals surface area contributed by atoms with Gasteiger partial charge in [-0.05, 0) is 41.6 Å². The Labute approximate surface area is 89.4 Å². The zero-order valence-electron chi connectivity index (χ0n) is 9.50. The number of hydrogen-bond acceptors (Lipinski definition) is 3. The van der Waals surface area contributed by atoms with Crippen molar-refractivity contribution in [1.29, 1.82) is 0 Å². The molecule has 0 bridgehead atoms. The number of aromatic nitrogens is 1. The Bertz CT molecular complexity index is 343. The van der Waals surface area contributed by atoms with Crippen LogP contribution in [0.1, 0.15) is 11.0 Å². The average Bonchev–Trinajstić information content (AvgIpc) is 2.08. The summed E-state index contributed by atoms with van der Waals surface area (Å²) in [4.78, 5) is 4.04.